The van der Waals surface area contributed by atoms with Crippen LogP contribution in [0.3, 0.4) is 0 Å². The van der Waals surface area contributed by atoms with E-state index in [1.165, 1.54) is 70.2 Å². The minimum absolute atomic E-state index is 0.448. The smallest absolute Gasteiger partial charge is 0.190 e. The second-order valence-corrected chi connectivity index (χ2v) is 14.2. The molecule has 0 heterocycles. The molecule has 0 fully saturated rings. The van der Waals surface area contributed by atoms with E-state index in [1.807, 2.05) is 0 Å². The normalized spacial score (nSPS) is 14.8. The lowest BCUT2D eigenvalue weighted by Gasteiger charge is -2.41. The molecule has 182 valence electrons. The van der Waals surface area contributed by atoms with Gasteiger partial charge in [-0.2, -0.15) is 0 Å². The molecule has 30 heavy (non-hydrogen) atoms. The standard InChI is InChI=1S/C25H57N3OSi/c1-10-26(6)21-15-18-25(19-16-22-27(7)11-2,20-17-23-28(8)12-3)24-30(9,14-5)29-13-4/h10-24H2,1-9H3. The van der Waals surface area contributed by atoms with Gasteiger partial charge in [-0.25, -0.2) is 0 Å². The van der Waals surface area contributed by atoms with E-state index >= 15 is 0 Å². The number of hydrogen-bond acceptors (Lipinski definition) is 4. The first-order valence-corrected chi connectivity index (χ1v) is 15.7. The highest BCUT2D eigenvalue weighted by molar-refractivity contribution is 6.72. The molecule has 0 radical (unpaired) electrons. The number of nitrogens with zero attached hydrogens (tertiary/aromatic N) is 3. The Labute approximate surface area is 191 Å². The molecule has 0 aromatic heterocycles. The fourth-order valence-electron chi connectivity index (χ4n) is 4.71. The van der Waals surface area contributed by atoms with Crippen molar-refractivity contribution in [3.05, 3.63) is 0 Å². The molecule has 0 rings (SSSR count). The minimum atomic E-state index is -1.66. The van der Waals surface area contributed by atoms with Crippen molar-refractivity contribution < 1.29 is 4.43 Å². The fourth-order valence-corrected chi connectivity index (χ4v) is 8.08. The van der Waals surface area contributed by atoms with E-state index in [9.17, 15) is 0 Å². The second-order valence-electron chi connectivity index (χ2n) is 9.91. The molecule has 0 aromatic rings. The van der Waals surface area contributed by atoms with Gasteiger partial charge in [-0.1, -0.05) is 27.7 Å². The van der Waals surface area contributed by atoms with Gasteiger partial charge in [0.15, 0.2) is 8.32 Å². The zero-order valence-corrected chi connectivity index (χ0v) is 23.4. The van der Waals surface area contributed by atoms with Crippen LogP contribution in [0.25, 0.3) is 0 Å². The molecule has 0 spiro atoms. The first kappa shape index (κ1) is 30.1. The van der Waals surface area contributed by atoms with Crippen LogP contribution < -0.4 is 0 Å². The zero-order valence-electron chi connectivity index (χ0n) is 22.4. The maximum atomic E-state index is 6.49. The Morgan fingerprint density at radius 3 is 1.30 bits per heavy atom. The van der Waals surface area contributed by atoms with Crippen molar-refractivity contribution in [1.82, 2.24) is 14.7 Å². The van der Waals surface area contributed by atoms with Crippen molar-refractivity contribution in [3.63, 3.8) is 0 Å². The monoisotopic (exact) mass is 443 g/mol. The summed E-state index contributed by atoms with van der Waals surface area (Å²) in [5.74, 6) is 0. The van der Waals surface area contributed by atoms with Gasteiger partial charge in [-0.3, -0.25) is 0 Å². The highest BCUT2D eigenvalue weighted by atomic mass is 28.4. The highest BCUT2D eigenvalue weighted by Crippen LogP contribution is 2.44. The molecule has 5 heteroatoms. The third-order valence-corrected chi connectivity index (χ3v) is 11.3. The van der Waals surface area contributed by atoms with Crippen molar-refractivity contribution >= 4 is 8.32 Å². The summed E-state index contributed by atoms with van der Waals surface area (Å²) < 4.78 is 6.49. The topological polar surface area (TPSA) is 19.0 Å². The minimum Gasteiger partial charge on any atom is -0.417 e. The molecule has 1 unspecified atom stereocenters. The van der Waals surface area contributed by atoms with E-state index in [2.05, 4.69) is 77.0 Å². The molecular formula is C25H57N3OSi. The Bertz CT molecular complexity index is 369. The van der Waals surface area contributed by atoms with Crippen molar-refractivity contribution in [2.75, 3.05) is 67.0 Å². The van der Waals surface area contributed by atoms with E-state index < -0.39 is 8.32 Å². The predicted molar refractivity (Wildman–Crippen MR) is 138 cm³/mol. The third-order valence-electron chi connectivity index (χ3n) is 7.35. The summed E-state index contributed by atoms with van der Waals surface area (Å²) in [6, 6.07) is 2.58. The molecule has 0 aliphatic carbocycles. The van der Waals surface area contributed by atoms with Gasteiger partial charge in [0.1, 0.15) is 0 Å². The van der Waals surface area contributed by atoms with Gasteiger partial charge in [0.25, 0.3) is 0 Å². The average molecular weight is 444 g/mol. The van der Waals surface area contributed by atoms with E-state index in [-0.39, 0.29) is 0 Å². The Balaban J connectivity index is 5.47. The van der Waals surface area contributed by atoms with Gasteiger partial charge >= 0.3 is 0 Å². The van der Waals surface area contributed by atoms with E-state index in [4.69, 9.17) is 4.43 Å². The predicted octanol–water partition coefficient (Wildman–Crippen LogP) is 5.80. The summed E-state index contributed by atoms with van der Waals surface area (Å²) in [6.45, 7) is 21.9. The van der Waals surface area contributed by atoms with Crippen LogP contribution in [-0.2, 0) is 4.43 Å². The SMILES string of the molecule is CCO[Si](C)(CC)CC(CCCN(C)CC)(CCCN(C)CC)CCCN(C)CC. The molecule has 0 saturated heterocycles. The van der Waals surface area contributed by atoms with Crippen LogP contribution in [0.15, 0.2) is 0 Å². The van der Waals surface area contributed by atoms with Crippen LogP contribution >= 0.6 is 0 Å². The Kier molecular flexibility index (Phi) is 16.7. The molecule has 4 nitrogen and oxygen atoms in total. The van der Waals surface area contributed by atoms with Crippen LogP contribution in [-0.4, -0.2) is 90.0 Å². The highest BCUT2D eigenvalue weighted by Gasteiger charge is 2.39. The summed E-state index contributed by atoms with van der Waals surface area (Å²) >= 11 is 0. The Hall–Kier alpha value is 0.0569. The molecule has 1 atom stereocenters. The van der Waals surface area contributed by atoms with Crippen molar-refractivity contribution in [2.45, 2.75) is 91.8 Å². The summed E-state index contributed by atoms with van der Waals surface area (Å²) in [4.78, 5) is 7.42. The number of hydrogen-bond donors (Lipinski definition) is 0. The van der Waals surface area contributed by atoms with Gasteiger partial charge in [-0.15, -0.1) is 0 Å². The lowest BCUT2D eigenvalue weighted by Crippen LogP contribution is -2.41. The van der Waals surface area contributed by atoms with E-state index in [1.54, 1.807) is 0 Å². The molecule has 0 amide bonds. The zero-order chi connectivity index (χ0) is 23.0. The molecule has 0 aliphatic rings. The van der Waals surface area contributed by atoms with Gasteiger partial charge < -0.3 is 19.1 Å². The molecule has 0 aromatic carbocycles. The van der Waals surface area contributed by atoms with Crippen molar-refractivity contribution in [3.8, 4) is 0 Å². The van der Waals surface area contributed by atoms with Gasteiger partial charge in [0, 0.05) is 6.61 Å². The van der Waals surface area contributed by atoms with Gasteiger partial charge in [0.2, 0.25) is 0 Å². The molecule has 0 N–H and O–H groups in total. The Morgan fingerprint density at radius 2 is 1.03 bits per heavy atom. The van der Waals surface area contributed by atoms with Crippen LogP contribution in [0, 0.1) is 5.41 Å². The second kappa shape index (κ2) is 16.7. The summed E-state index contributed by atoms with van der Waals surface area (Å²) in [5, 5.41) is 0. The van der Waals surface area contributed by atoms with Gasteiger partial charge in [-0.05, 0) is 130 Å². The molecule has 0 bridgehead atoms. The van der Waals surface area contributed by atoms with E-state index in [0.29, 0.717) is 5.41 Å². The lowest BCUT2D eigenvalue weighted by molar-refractivity contribution is 0.181. The van der Waals surface area contributed by atoms with Crippen LogP contribution in [0.5, 0.6) is 0 Å². The van der Waals surface area contributed by atoms with Crippen molar-refractivity contribution in [2.24, 2.45) is 5.41 Å². The lowest BCUT2D eigenvalue weighted by atomic mass is 9.76. The van der Waals surface area contributed by atoms with Crippen LogP contribution in [0.2, 0.25) is 18.6 Å². The Morgan fingerprint density at radius 1 is 0.667 bits per heavy atom. The van der Waals surface area contributed by atoms with E-state index in [0.717, 1.165) is 26.2 Å². The molecular weight excluding hydrogens is 386 g/mol. The van der Waals surface area contributed by atoms with Crippen molar-refractivity contribution in [1.29, 1.82) is 0 Å². The maximum Gasteiger partial charge on any atom is 0.190 e. The first-order chi connectivity index (χ1) is 14.2. The molecule has 0 saturated carbocycles. The fraction of sp³-hybridized carbons (Fsp3) is 1.00. The van der Waals surface area contributed by atoms with Crippen LogP contribution in [0.4, 0.5) is 0 Å². The maximum absolute atomic E-state index is 6.49. The molecule has 0 aliphatic heterocycles. The largest absolute Gasteiger partial charge is 0.417 e. The first-order valence-electron chi connectivity index (χ1n) is 12.9. The van der Waals surface area contributed by atoms with Crippen LogP contribution in [0.1, 0.15) is 73.1 Å². The average Bonchev–Trinajstić information content (AvgIpc) is 2.73. The number of rotatable bonds is 20. The van der Waals surface area contributed by atoms with Gasteiger partial charge in [0.05, 0.1) is 0 Å². The summed E-state index contributed by atoms with van der Waals surface area (Å²) in [6.07, 6.45) is 8.03. The third kappa shape index (κ3) is 12.8. The summed E-state index contributed by atoms with van der Waals surface area (Å²) in [7, 11) is 5.13. The quantitative estimate of drug-likeness (QED) is 0.221. The summed E-state index contributed by atoms with van der Waals surface area (Å²) in [5.41, 5.74) is 0.448.